The van der Waals surface area contributed by atoms with E-state index < -0.39 is 18.1 Å². The Morgan fingerprint density at radius 1 is 1.30 bits per heavy atom. The number of likely N-dealkylation sites (tertiary alicyclic amines) is 1. The number of hydrogen-bond donors (Lipinski definition) is 1. The van der Waals surface area contributed by atoms with Gasteiger partial charge in [-0.05, 0) is 55.9 Å². The van der Waals surface area contributed by atoms with E-state index >= 15 is 0 Å². The average Bonchev–Trinajstić information content (AvgIpc) is 3.08. The second-order valence-electron chi connectivity index (χ2n) is 6.34. The molecule has 1 aromatic rings. The Hall–Kier alpha value is -2.11. The van der Waals surface area contributed by atoms with Gasteiger partial charge in [0.2, 0.25) is 0 Å². The van der Waals surface area contributed by atoms with Gasteiger partial charge >= 0.3 is 5.97 Å². The van der Waals surface area contributed by atoms with E-state index in [0.29, 0.717) is 12.3 Å². The smallest absolute Gasteiger partial charge is 0.326 e. The summed E-state index contributed by atoms with van der Waals surface area (Å²) in [5.74, 6) is -0.932. The van der Waals surface area contributed by atoms with Crippen LogP contribution < -0.4 is 4.74 Å². The highest BCUT2D eigenvalue weighted by molar-refractivity contribution is 5.87. The van der Waals surface area contributed by atoms with Crippen LogP contribution in [0.5, 0.6) is 5.75 Å². The fourth-order valence-corrected chi connectivity index (χ4v) is 3.85. The van der Waals surface area contributed by atoms with Crippen molar-refractivity contribution in [2.75, 3.05) is 6.54 Å². The lowest BCUT2D eigenvalue weighted by molar-refractivity contribution is -0.152. The first-order valence-electron chi connectivity index (χ1n) is 7.93. The second-order valence-corrected chi connectivity index (χ2v) is 6.34. The van der Waals surface area contributed by atoms with E-state index in [1.165, 1.54) is 29.2 Å². The Morgan fingerprint density at radius 3 is 2.65 bits per heavy atom. The monoisotopic (exact) mass is 321 g/mol. The molecule has 6 heteroatoms. The lowest BCUT2D eigenvalue weighted by Gasteiger charge is -2.27. The first-order valence-corrected chi connectivity index (χ1v) is 7.93. The number of rotatable bonds is 4. The van der Waals surface area contributed by atoms with Gasteiger partial charge < -0.3 is 14.7 Å². The summed E-state index contributed by atoms with van der Waals surface area (Å²) in [4.78, 5) is 25.7. The fourth-order valence-electron chi connectivity index (χ4n) is 3.85. The van der Waals surface area contributed by atoms with Crippen molar-refractivity contribution < 1.29 is 23.8 Å². The normalized spacial score (nSPS) is 27.6. The molecule has 23 heavy (non-hydrogen) atoms. The molecule has 1 aromatic carbocycles. The number of carboxylic acids is 1. The minimum absolute atomic E-state index is 0.0504. The van der Waals surface area contributed by atoms with Crippen molar-refractivity contribution in [3.63, 3.8) is 0 Å². The highest BCUT2D eigenvalue weighted by Gasteiger charge is 2.50. The van der Waals surface area contributed by atoms with Crippen molar-refractivity contribution in [1.82, 2.24) is 4.90 Å². The zero-order valence-electron chi connectivity index (χ0n) is 12.9. The van der Waals surface area contributed by atoms with E-state index in [1.54, 1.807) is 6.92 Å². The van der Waals surface area contributed by atoms with Crippen LogP contribution in [0.3, 0.4) is 0 Å². The molecule has 0 spiro atoms. The molecule has 0 aromatic heterocycles. The van der Waals surface area contributed by atoms with Crippen molar-refractivity contribution in [3.05, 3.63) is 30.1 Å². The van der Waals surface area contributed by atoms with Gasteiger partial charge in [-0.1, -0.05) is 6.42 Å². The molecule has 1 saturated carbocycles. The lowest BCUT2D eigenvalue weighted by Crippen LogP contribution is -2.48. The van der Waals surface area contributed by atoms with Gasteiger partial charge in [0.15, 0.2) is 6.10 Å². The molecule has 3 rings (SSSR count). The number of halogens is 1. The van der Waals surface area contributed by atoms with Crippen LogP contribution in [0.25, 0.3) is 0 Å². The van der Waals surface area contributed by atoms with E-state index in [4.69, 9.17) is 4.74 Å². The number of ether oxygens (including phenoxy) is 1. The number of benzene rings is 1. The Balaban J connectivity index is 1.71. The molecular formula is C17H20FNO4. The number of carbonyl (C=O) groups excluding carboxylic acids is 1. The van der Waals surface area contributed by atoms with Crippen LogP contribution in [-0.2, 0) is 9.59 Å². The number of nitrogens with zero attached hydrogens (tertiary/aromatic N) is 1. The average molecular weight is 321 g/mol. The number of carboxylic acid groups (broad SMARTS) is 1. The third kappa shape index (κ3) is 3.02. The summed E-state index contributed by atoms with van der Waals surface area (Å²) in [6.07, 6.45) is 2.06. The van der Waals surface area contributed by atoms with Crippen LogP contribution in [-0.4, -0.2) is 40.6 Å². The molecule has 1 N–H and O–H groups in total. The molecule has 2 aliphatic rings. The Morgan fingerprint density at radius 2 is 2.00 bits per heavy atom. The van der Waals surface area contributed by atoms with Gasteiger partial charge in [0.25, 0.3) is 5.91 Å². The first kappa shape index (κ1) is 15.8. The Labute approximate surface area is 134 Å². The molecule has 0 radical (unpaired) electrons. The van der Waals surface area contributed by atoms with Gasteiger partial charge in [-0.15, -0.1) is 0 Å². The van der Waals surface area contributed by atoms with Crippen LogP contribution in [0.4, 0.5) is 4.39 Å². The van der Waals surface area contributed by atoms with Crippen LogP contribution in [0.1, 0.15) is 26.2 Å². The van der Waals surface area contributed by atoms with Gasteiger partial charge in [-0.25, -0.2) is 9.18 Å². The van der Waals surface area contributed by atoms with Gasteiger partial charge in [0.05, 0.1) is 0 Å². The van der Waals surface area contributed by atoms with Crippen LogP contribution in [0, 0.1) is 17.7 Å². The number of aliphatic carboxylic acids is 1. The number of fused-ring (bicyclic) bond motifs is 1. The minimum atomic E-state index is -0.943. The van der Waals surface area contributed by atoms with Crippen molar-refractivity contribution in [3.8, 4) is 5.75 Å². The zero-order valence-corrected chi connectivity index (χ0v) is 12.9. The summed E-state index contributed by atoms with van der Waals surface area (Å²) < 4.78 is 18.4. The van der Waals surface area contributed by atoms with Crippen molar-refractivity contribution in [1.29, 1.82) is 0 Å². The molecule has 124 valence electrons. The molecule has 4 atom stereocenters. The maximum atomic E-state index is 12.9. The van der Waals surface area contributed by atoms with Crippen LogP contribution in [0.2, 0.25) is 0 Å². The van der Waals surface area contributed by atoms with Gasteiger partial charge in [0, 0.05) is 6.54 Å². The fraction of sp³-hybridized carbons (Fsp3) is 0.529. The standard InChI is InChI=1S/C17H20FNO4/c1-10(23-13-7-5-12(18)6-8-13)16(20)19-9-11-3-2-4-14(11)15(19)17(21)22/h5-8,10-11,14-15H,2-4,9H2,1H3,(H,21,22). The molecule has 1 amide bonds. The Kier molecular flexibility index (Phi) is 4.24. The SMILES string of the molecule is CC(Oc1ccc(F)cc1)C(=O)N1CC2CCCC2C1C(=O)O. The van der Waals surface area contributed by atoms with E-state index in [0.717, 1.165) is 19.3 Å². The molecule has 0 bridgehead atoms. The topological polar surface area (TPSA) is 66.8 Å². The highest BCUT2D eigenvalue weighted by atomic mass is 19.1. The van der Waals surface area contributed by atoms with Gasteiger partial charge in [-0.3, -0.25) is 4.79 Å². The van der Waals surface area contributed by atoms with Crippen LogP contribution in [0.15, 0.2) is 24.3 Å². The molecule has 5 nitrogen and oxygen atoms in total. The molecule has 2 fully saturated rings. The van der Waals surface area contributed by atoms with Gasteiger partial charge in [0.1, 0.15) is 17.6 Å². The number of amides is 1. The summed E-state index contributed by atoms with van der Waals surface area (Å²) in [5, 5.41) is 9.51. The molecule has 1 saturated heterocycles. The quantitative estimate of drug-likeness (QED) is 0.924. The van der Waals surface area contributed by atoms with E-state index in [-0.39, 0.29) is 23.6 Å². The first-order chi connectivity index (χ1) is 11.0. The zero-order chi connectivity index (χ0) is 16.6. The second kappa shape index (κ2) is 6.18. The molecule has 1 aliphatic heterocycles. The lowest BCUT2D eigenvalue weighted by atomic mass is 9.94. The maximum absolute atomic E-state index is 12.9. The van der Waals surface area contributed by atoms with Crippen molar-refractivity contribution >= 4 is 11.9 Å². The van der Waals surface area contributed by atoms with E-state index in [2.05, 4.69) is 0 Å². The summed E-state index contributed by atoms with van der Waals surface area (Å²) in [6.45, 7) is 2.08. The molecule has 4 unspecified atom stereocenters. The summed E-state index contributed by atoms with van der Waals surface area (Å²) >= 11 is 0. The van der Waals surface area contributed by atoms with Crippen LogP contribution >= 0.6 is 0 Å². The van der Waals surface area contributed by atoms with E-state index in [1.807, 2.05) is 0 Å². The molecular weight excluding hydrogens is 301 g/mol. The maximum Gasteiger partial charge on any atom is 0.326 e. The third-order valence-electron chi connectivity index (χ3n) is 4.90. The molecule has 1 heterocycles. The summed E-state index contributed by atoms with van der Waals surface area (Å²) in [6, 6.07) is 4.66. The summed E-state index contributed by atoms with van der Waals surface area (Å²) in [5.41, 5.74) is 0. The predicted octanol–water partition coefficient (Wildman–Crippen LogP) is 2.30. The highest BCUT2D eigenvalue weighted by Crippen LogP contribution is 2.42. The number of carbonyl (C=O) groups is 2. The van der Waals surface area contributed by atoms with Crippen molar-refractivity contribution in [2.24, 2.45) is 11.8 Å². The van der Waals surface area contributed by atoms with E-state index in [9.17, 15) is 19.1 Å². The van der Waals surface area contributed by atoms with Crippen molar-refractivity contribution in [2.45, 2.75) is 38.3 Å². The Bertz CT molecular complexity index is 603. The largest absolute Gasteiger partial charge is 0.481 e. The minimum Gasteiger partial charge on any atom is -0.481 e. The number of hydrogen-bond acceptors (Lipinski definition) is 3. The predicted molar refractivity (Wildman–Crippen MR) is 80.5 cm³/mol. The van der Waals surface area contributed by atoms with Gasteiger partial charge in [-0.2, -0.15) is 0 Å². The third-order valence-corrected chi connectivity index (χ3v) is 4.90. The summed E-state index contributed by atoms with van der Waals surface area (Å²) in [7, 11) is 0. The molecule has 1 aliphatic carbocycles.